The fraction of sp³-hybridized carbons (Fsp3) is 1.00. The predicted molar refractivity (Wildman–Crippen MR) is 68.3 cm³/mol. The van der Waals surface area contributed by atoms with Crippen LogP contribution in [0.5, 0.6) is 0 Å². The average molecular weight is 234 g/mol. The second kappa shape index (κ2) is 3.10. The molecular formula is C16H26O. The minimum Gasteiger partial charge on any atom is -0.396 e. The van der Waals surface area contributed by atoms with E-state index in [0.717, 1.165) is 47.3 Å². The molecule has 0 amide bonds. The van der Waals surface area contributed by atoms with Crippen molar-refractivity contribution in [2.45, 2.75) is 40.0 Å². The molecule has 1 N–H and O–H groups in total. The van der Waals surface area contributed by atoms with Gasteiger partial charge in [0, 0.05) is 6.61 Å². The molecule has 9 atom stereocenters. The maximum Gasteiger partial charge on any atom is 0.0487 e. The number of fused-ring (bicyclic) bond motifs is 9. The molecule has 0 heterocycles. The zero-order valence-electron chi connectivity index (χ0n) is 11.4. The van der Waals surface area contributed by atoms with E-state index in [0.29, 0.717) is 6.61 Å². The monoisotopic (exact) mass is 234 g/mol. The summed E-state index contributed by atoms with van der Waals surface area (Å²) in [7, 11) is 0. The molecule has 4 saturated carbocycles. The minimum atomic E-state index is 0.277. The Hall–Kier alpha value is -0.0400. The largest absolute Gasteiger partial charge is 0.396 e. The third-order valence-corrected chi connectivity index (χ3v) is 7.71. The molecule has 0 spiro atoms. The van der Waals surface area contributed by atoms with Crippen LogP contribution in [0.2, 0.25) is 0 Å². The summed E-state index contributed by atoms with van der Waals surface area (Å²) in [5.41, 5.74) is 0.277. The van der Waals surface area contributed by atoms with E-state index in [9.17, 15) is 5.11 Å². The van der Waals surface area contributed by atoms with Gasteiger partial charge in [-0.3, -0.25) is 0 Å². The van der Waals surface area contributed by atoms with Crippen molar-refractivity contribution in [1.29, 1.82) is 0 Å². The Bertz CT molecular complexity index is 351. The Morgan fingerprint density at radius 2 is 1.71 bits per heavy atom. The first-order valence-electron chi connectivity index (χ1n) is 7.67. The zero-order chi connectivity index (χ0) is 11.9. The van der Waals surface area contributed by atoms with Crippen molar-refractivity contribution in [3.63, 3.8) is 0 Å². The highest BCUT2D eigenvalue weighted by Crippen LogP contribution is 2.73. The maximum atomic E-state index is 9.76. The third kappa shape index (κ3) is 1.07. The standard InChI is InChI=1S/C16H26O/c1-8-9(2)12-5-11(8)14-10-4-13(15(12)14)16(3,6-10)7-17/h8-15,17H,4-7H2,1-3H3. The Morgan fingerprint density at radius 3 is 2.35 bits per heavy atom. The lowest BCUT2D eigenvalue weighted by atomic mass is 9.58. The molecule has 0 aromatic rings. The average Bonchev–Trinajstić information content (AvgIpc) is 2.98. The Kier molecular flexibility index (Phi) is 1.98. The molecule has 4 rings (SSSR count). The van der Waals surface area contributed by atoms with Crippen molar-refractivity contribution in [1.82, 2.24) is 0 Å². The number of rotatable bonds is 1. The summed E-state index contributed by atoms with van der Waals surface area (Å²) in [6.07, 6.45) is 4.28. The van der Waals surface area contributed by atoms with Crippen molar-refractivity contribution in [3.05, 3.63) is 0 Å². The fourth-order valence-corrected chi connectivity index (χ4v) is 6.88. The van der Waals surface area contributed by atoms with Crippen LogP contribution in [0, 0.1) is 52.8 Å². The second-order valence-electron chi connectivity index (χ2n) is 8.05. The quantitative estimate of drug-likeness (QED) is 0.691. The fourth-order valence-electron chi connectivity index (χ4n) is 6.88. The van der Waals surface area contributed by atoms with Crippen LogP contribution in [0.1, 0.15) is 40.0 Å². The molecule has 4 aliphatic rings. The highest BCUT2D eigenvalue weighted by Gasteiger charge is 2.68. The van der Waals surface area contributed by atoms with E-state index in [1.807, 2.05) is 0 Å². The molecule has 4 fully saturated rings. The molecule has 4 bridgehead atoms. The number of hydrogen-bond donors (Lipinski definition) is 1. The number of aliphatic hydroxyl groups excluding tert-OH is 1. The molecule has 0 aliphatic heterocycles. The smallest absolute Gasteiger partial charge is 0.0487 e. The highest BCUT2D eigenvalue weighted by molar-refractivity contribution is 5.16. The van der Waals surface area contributed by atoms with Crippen LogP contribution in [0.4, 0.5) is 0 Å². The first-order chi connectivity index (χ1) is 8.07. The van der Waals surface area contributed by atoms with Crippen LogP contribution in [0.3, 0.4) is 0 Å². The summed E-state index contributed by atoms with van der Waals surface area (Å²) >= 11 is 0. The summed E-state index contributed by atoms with van der Waals surface area (Å²) in [5.74, 6) is 7.82. The van der Waals surface area contributed by atoms with Crippen LogP contribution < -0.4 is 0 Å². The SMILES string of the molecule is CC1C(C)C2CC1C1C3CC(C21)C(C)(CO)C3. The van der Waals surface area contributed by atoms with Crippen LogP contribution >= 0.6 is 0 Å². The van der Waals surface area contributed by atoms with Crippen LogP contribution in [0.25, 0.3) is 0 Å². The lowest BCUT2D eigenvalue weighted by Crippen LogP contribution is -2.43. The van der Waals surface area contributed by atoms with E-state index >= 15 is 0 Å². The third-order valence-electron chi connectivity index (χ3n) is 7.71. The van der Waals surface area contributed by atoms with Crippen LogP contribution in [-0.2, 0) is 0 Å². The van der Waals surface area contributed by atoms with E-state index in [4.69, 9.17) is 0 Å². The molecule has 1 heteroatoms. The number of aliphatic hydroxyl groups is 1. The molecule has 0 radical (unpaired) electrons. The molecule has 9 unspecified atom stereocenters. The summed E-state index contributed by atoms with van der Waals surface area (Å²) in [6.45, 7) is 7.78. The van der Waals surface area contributed by atoms with Gasteiger partial charge in [0.15, 0.2) is 0 Å². The van der Waals surface area contributed by atoms with Crippen LogP contribution in [-0.4, -0.2) is 11.7 Å². The predicted octanol–water partition coefficient (Wildman–Crippen LogP) is 3.18. The van der Waals surface area contributed by atoms with Crippen molar-refractivity contribution in [3.8, 4) is 0 Å². The van der Waals surface area contributed by atoms with Gasteiger partial charge in [-0.25, -0.2) is 0 Å². The van der Waals surface area contributed by atoms with Gasteiger partial charge in [-0.1, -0.05) is 20.8 Å². The van der Waals surface area contributed by atoms with Crippen molar-refractivity contribution < 1.29 is 5.11 Å². The molecule has 17 heavy (non-hydrogen) atoms. The van der Waals surface area contributed by atoms with Gasteiger partial charge in [0.1, 0.15) is 0 Å². The van der Waals surface area contributed by atoms with E-state index in [1.54, 1.807) is 0 Å². The molecule has 4 aliphatic carbocycles. The van der Waals surface area contributed by atoms with E-state index in [2.05, 4.69) is 20.8 Å². The molecule has 0 aromatic carbocycles. The normalized spacial score (nSPS) is 67.8. The van der Waals surface area contributed by atoms with Gasteiger partial charge < -0.3 is 5.11 Å². The molecule has 96 valence electrons. The zero-order valence-corrected chi connectivity index (χ0v) is 11.4. The highest BCUT2D eigenvalue weighted by atomic mass is 16.3. The number of hydrogen-bond acceptors (Lipinski definition) is 1. The molecule has 0 saturated heterocycles. The summed E-state index contributed by atoms with van der Waals surface area (Å²) in [6, 6.07) is 0. The molecule has 0 aromatic heterocycles. The summed E-state index contributed by atoms with van der Waals surface area (Å²) in [4.78, 5) is 0. The summed E-state index contributed by atoms with van der Waals surface area (Å²) in [5, 5.41) is 9.76. The van der Waals surface area contributed by atoms with Gasteiger partial charge in [-0.05, 0) is 72.0 Å². The Morgan fingerprint density at radius 1 is 1.06 bits per heavy atom. The van der Waals surface area contributed by atoms with E-state index in [-0.39, 0.29) is 5.41 Å². The first kappa shape index (κ1) is 10.8. The van der Waals surface area contributed by atoms with E-state index in [1.165, 1.54) is 19.3 Å². The first-order valence-corrected chi connectivity index (χ1v) is 7.67. The molecule has 1 nitrogen and oxygen atoms in total. The van der Waals surface area contributed by atoms with Gasteiger partial charge in [0.25, 0.3) is 0 Å². The van der Waals surface area contributed by atoms with Gasteiger partial charge in [0.05, 0.1) is 0 Å². The Balaban J connectivity index is 1.70. The summed E-state index contributed by atoms with van der Waals surface area (Å²) < 4.78 is 0. The topological polar surface area (TPSA) is 20.2 Å². The minimum absolute atomic E-state index is 0.277. The Labute approximate surface area is 105 Å². The van der Waals surface area contributed by atoms with Gasteiger partial charge in [-0.2, -0.15) is 0 Å². The van der Waals surface area contributed by atoms with Crippen molar-refractivity contribution in [2.24, 2.45) is 52.8 Å². The van der Waals surface area contributed by atoms with Crippen LogP contribution in [0.15, 0.2) is 0 Å². The second-order valence-corrected chi connectivity index (χ2v) is 8.05. The maximum absolute atomic E-state index is 9.76. The van der Waals surface area contributed by atoms with Gasteiger partial charge >= 0.3 is 0 Å². The van der Waals surface area contributed by atoms with Gasteiger partial charge in [-0.15, -0.1) is 0 Å². The van der Waals surface area contributed by atoms with E-state index < -0.39 is 0 Å². The van der Waals surface area contributed by atoms with Gasteiger partial charge in [0.2, 0.25) is 0 Å². The lowest BCUT2D eigenvalue weighted by molar-refractivity contribution is -0.0196. The van der Waals surface area contributed by atoms with Crippen molar-refractivity contribution >= 4 is 0 Å². The lowest BCUT2D eigenvalue weighted by Gasteiger charge is -2.47. The van der Waals surface area contributed by atoms with Crippen molar-refractivity contribution in [2.75, 3.05) is 6.61 Å². The molecular weight excluding hydrogens is 208 g/mol.